The number of hydrogen-bond donors (Lipinski definition) is 1. The van der Waals surface area contributed by atoms with E-state index in [1.165, 1.54) is 0 Å². The predicted molar refractivity (Wildman–Crippen MR) is 141 cm³/mol. The molecular weight excluding hydrogens is 472 g/mol. The number of carbonyl (C=O) groups excluding carboxylic acids is 2. The number of aliphatic hydroxyl groups excluding tert-OH is 1. The van der Waals surface area contributed by atoms with Gasteiger partial charge in [0, 0.05) is 31.3 Å². The highest BCUT2D eigenvalue weighted by Gasteiger charge is 2.34. The second kappa shape index (κ2) is 12.6. The van der Waals surface area contributed by atoms with Crippen LogP contribution in [0, 0.1) is 17.8 Å². The summed E-state index contributed by atoms with van der Waals surface area (Å²) in [5.74, 6) is 6.54. The number of benzene rings is 1. The molecule has 1 aliphatic rings. The van der Waals surface area contributed by atoms with Crippen molar-refractivity contribution in [3.8, 4) is 23.5 Å². The molecule has 2 amide bonds. The molecule has 9 heteroatoms. The lowest BCUT2D eigenvalue weighted by Gasteiger charge is -2.37. The van der Waals surface area contributed by atoms with Crippen LogP contribution in [0.2, 0.25) is 0 Å². The zero-order chi connectivity index (χ0) is 27.1. The lowest BCUT2D eigenvalue weighted by molar-refractivity contribution is -0.132. The monoisotopic (exact) mass is 508 g/mol. The number of hydrogen-bond acceptors (Lipinski definition) is 7. The largest absolute Gasteiger partial charge is 0.495 e. The van der Waals surface area contributed by atoms with E-state index in [9.17, 15) is 14.7 Å². The first-order valence-corrected chi connectivity index (χ1v) is 12.3. The first kappa shape index (κ1) is 28.0. The van der Waals surface area contributed by atoms with Gasteiger partial charge in [-0.1, -0.05) is 30.9 Å². The number of pyridine rings is 1. The summed E-state index contributed by atoms with van der Waals surface area (Å²) in [7, 11) is 7.01. The van der Waals surface area contributed by atoms with Crippen molar-refractivity contribution in [3.63, 3.8) is 0 Å². The van der Waals surface area contributed by atoms with Crippen LogP contribution in [0.3, 0.4) is 0 Å². The van der Waals surface area contributed by atoms with Crippen LogP contribution in [0.5, 0.6) is 11.6 Å². The second-order valence-corrected chi connectivity index (χ2v) is 9.66. The summed E-state index contributed by atoms with van der Waals surface area (Å²) in [6, 6.07) is 8.68. The Balaban J connectivity index is 1.97. The average Bonchev–Trinajstić information content (AvgIpc) is 2.88. The Labute approximate surface area is 219 Å². The maximum atomic E-state index is 13.6. The van der Waals surface area contributed by atoms with Crippen molar-refractivity contribution in [2.75, 3.05) is 54.5 Å². The highest BCUT2D eigenvalue weighted by Crippen LogP contribution is 2.27. The summed E-state index contributed by atoms with van der Waals surface area (Å²) >= 11 is 0. The van der Waals surface area contributed by atoms with Crippen molar-refractivity contribution < 1.29 is 24.2 Å². The quantitative estimate of drug-likeness (QED) is 0.569. The van der Waals surface area contributed by atoms with Crippen molar-refractivity contribution in [3.05, 3.63) is 53.2 Å². The number of para-hydroxylation sites is 1. The van der Waals surface area contributed by atoms with Gasteiger partial charge in [0.15, 0.2) is 0 Å². The molecule has 3 atom stereocenters. The molecule has 0 saturated heterocycles. The topological polar surface area (TPSA) is 95.4 Å². The molecule has 37 heavy (non-hydrogen) atoms. The average molecular weight is 509 g/mol. The number of aliphatic hydroxyl groups is 1. The van der Waals surface area contributed by atoms with E-state index in [2.05, 4.69) is 16.8 Å². The number of aromatic nitrogens is 1. The number of likely N-dealkylation sites (N-methyl/N-ethyl adjacent to an activating group) is 2. The van der Waals surface area contributed by atoms with Crippen molar-refractivity contribution in [2.24, 2.45) is 5.92 Å². The van der Waals surface area contributed by atoms with E-state index in [1.54, 1.807) is 43.1 Å². The summed E-state index contributed by atoms with van der Waals surface area (Å²) in [6.45, 7) is 4.57. The highest BCUT2D eigenvalue weighted by atomic mass is 16.5. The molecule has 0 fully saturated rings. The van der Waals surface area contributed by atoms with Crippen LogP contribution in [0.1, 0.15) is 35.3 Å². The van der Waals surface area contributed by atoms with Gasteiger partial charge in [-0.15, -0.1) is 0 Å². The summed E-state index contributed by atoms with van der Waals surface area (Å²) in [5.41, 5.74) is 1.53. The molecule has 2 heterocycles. The van der Waals surface area contributed by atoms with E-state index in [0.29, 0.717) is 30.0 Å². The lowest BCUT2D eigenvalue weighted by atomic mass is 10.00. The van der Waals surface area contributed by atoms with Gasteiger partial charge in [0.1, 0.15) is 17.4 Å². The maximum absolute atomic E-state index is 13.6. The zero-order valence-corrected chi connectivity index (χ0v) is 22.4. The van der Waals surface area contributed by atoms with Gasteiger partial charge in [-0.2, -0.15) is 0 Å². The highest BCUT2D eigenvalue weighted by molar-refractivity contribution is 5.97. The van der Waals surface area contributed by atoms with Gasteiger partial charge in [-0.05, 0) is 39.2 Å². The molecule has 3 rings (SSSR count). The first-order valence-electron chi connectivity index (χ1n) is 12.3. The van der Waals surface area contributed by atoms with Gasteiger partial charge >= 0.3 is 0 Å². The molecule has 0 bridgehead atoms. The van der Waals surface area contributed by atoms with E-state index in [4.69, 9.17) is 9.47 Å². The second-order valence-electron chi connectivity index (χ2n) is 9.66. The first-order chi connectivity index (χ1) is 17.6. The summed E-state index contributed by atoms with van der Waals surface area (Å²) in [4.78, 5) is 35.7. The molecule has 9 nitrogen and oxygen atoms in total. The molecular formula is C28H36N4O5. The van der Waals surface area contributed by atoms with Gasteiger partial charge in [-0.3, -0.25) is 9.59 Å². The van der Waals surface area contributed by atoms with Gasteiger partial charge in [0.05, 0.1) is 38.4 Å². The van der Waals surface area contributed by atoms with Crippen LogP contribution in [0.4, 0.5) is 0 Å². The lowest BCUT2D eigenvalue weighted by Crippen LogP contribution is -2.51. The minimum absolute atomic E-state index is 0.0327. The molecule has 0 radical (unpaired) electrons. The third-order valence-electron chi connectivity index (χ3n) is 6.30. The standard InChI is InChI=1S/C28H36N4O5/c1-19-15-32(20(2)18-33)28(35)23-13-21(11-12-22-9-7-8-10-24(22)36-6)14-29-27(23)37-25(19)16-31(5)26(34)17-30(3)4/h7-10,13-14,19-20,25,33H,15-18H2,1-6H3/t19-,20+,25+/m0/s1. The molecule has 0 aliphatic carbocycles. The van der Waals surface area contributed by atoms with Gasteiger partial charge < -0.3 is 29.3 Å². The van der Waals surface area contributed by atoms with Gasteiger partial charge in [0.25, 0.3) is 5.91 Å². The third-order valence-corrected chi connectivity index (χ3v) is 6.30. The summed E-state index contributed by atoms with van der Waals surface area (Å²) in [6.07, 6.45) is 1.16. The minimum Gasteiger partial charge on any atom is -0.495 e. The summed E-state index contributed by atoms with van der Waals surface area (Å²) < 4.78 is 11.6. The Morgan fingerprint density at radius 2 is 2.03 bits per heavy atom. The number of ether oxygens (including phenoxy) is 2. The van der Waals surface area contributed by atoms with Crippen molar-refractivity contribution in [2.45, 2.75) is 26.0 Å². The molecule has 1 N–H and O–H groups in total. The third kappa shape index (κ3) is 7.00. The smallest absolute Gasteiger partial charge is 0.259 e. The molecule has 1 aromatic heterocycles. The number of amides is 2. The maximum Gasteiger partial charge on any atom is 0.259 e. The zero-order valence-electron chi connectivity index (χ0n) is 22.4. The number of rotatable bonds is 7. The normalized spacial score (nSPS) is 18.1. The fourth-order valence-electron chi connectivity index (χ4n) is 4.04. The van der Waals surface area contributed by atoms with Crippen LogP contribution >= 0.6 is 0 Å². The van der Waals surface area contributed by atoms with Crippen molar-refractivity contribution in [1.29, 1.82) is 0 Å². The molecule has 0 unspecified atom stereocenters. The molecule has 0 spiro atoms. The molecule has 1 aromatic carbocycles. The Bertz CT molecular complexity index is 1170. The Morgan fingerprint density at radius 1 is 1.30 bits per heavy atom. The van der Waals surface area contributed by atoms with E-state index >= 15 is 0 Å². The molecule has 0 saturated carbocycles. The number of methoxy groups -OCH3 is 1. The van der Waals surface area contributed by atoms with E-state index in [-0.39, 0.29) is 42.3 Å². The Morgan fingerprint density at radius 3 is 2.70 bits per heavy atom. The molecule has 2 aromatic rings. The van der Waals surface area contributed by atoms with E-state index in [1.807, 2.05) is 50.2 Å². The molecule has 198 valence electrons. The Hall–Kier alpha value is -3.61. The SMILES string of the molecule is COc1ccccc1C#Cc1cnc2c(c1)C(=O)N([C@H](C)CO)C[C@H](C)[C@@H](CN(C)C(=O)CN(C)C)O2. The van der Waals surface area contributed by atoms with Gasteiger partial charge in [0.2, 0.25) is 11.8 Å². The van der Waals surface area contributed by atoms with Crippen LogP contribution in [0.15, 0.2) is 36.5 Å². The number of fused-ring (bicyclic) bond motifs is 1. The van der Waals surface area contributed by atoms with E-state index < -0.39 is 12.1 Å². The van der Waals surface area contributed by atoms with Crippen molar-refractivity contribution >= 4 is 11.8 Å². The van der Waals surface area contributed by atoms with E-state index in [0.717, 1.165) is 0 Å². The number of nitrogens with zero attached hydrogens (tertiary/aromatic N) is 4. The van der Waals surface area contributed by atoms with Crippen LogP contribution in [-0.2, 0) is 4.79 Å². The van der Waals surface area contributed by atoms with Crippen LogP contribution < -0.4 is 9.47 Å². The fraction of sp³-hybridized carbons (Fsp3) is 0.464. The minimum atomic E-state index is -0.408. The predicted octanol–water partition coefficient (Wildman–Crippen LogP) is 1.73. The Kier molecular flexibility index (Phi) is 9.50. The van der Waals surface area contributed by atoms with Gasteiger partial charge in [-0.25, -0.2) is 4.98 Å². The number of carbonyl (C=O) groups is 2. The van der Waals surface area contributed by atoms with Crippen molar-refractivity contribution in [1.82, 2.24) is 19.7 Å². The fourth-order valence-corrected chi connectivity index (χ4v) is 4.04. The summed E-state index contributed by atoms with van der Waals surface area (Å²) in [5, 5.41) is 9.85. The van der Waals surface area contributed by atoms with Crippen LogP contribution in [-0.4, -0.2) is 103 Å². The molecule has 1 aliphatic heterocycles. The van der Waals surface area contributed by atoms with Crippen LogP contribution in [0.25, 0.3) is 0 Å².